The van der Waals surface area contributed by atoms with Crippen molar-refractivity contribution in [3.63, 3.8) is 0 Å². The first-order valence-corrected chi connectivity index (χ1v) is 7.74. The number of carbonyl (C=O) groups excluding carboxylic acids is 1. The van der Waals surface area contributed by atoms with Gasteiger partial charge in [0.25, 0.3) is 0 Å². The van der Waals surface area contributed by atoms with E-state index in [-0.39, 0.29) is 24.4 Å². The van der Waals surface area contributed by atoms with Gasteiger partial charge in [0.1, 0.15) is 6.54 Å². The molecule has 0 saturated heterocycles. The largest absolute Gasteiger partial charge is 0.480 e. The van der Waals surface area contributed by atoms with Crippen LogP contribution in [0.25, 0.3) is 0 Å². The van der Waals surface area contributed by atoms with Crippen molar-refractivity contribution in [2.24, 2.45) is 5.92 Å². The molecule has 1 saturated carbocycles. The van der Waals surface area contributed by atoms with Crippen LogP contribution in [0.5, 0.6) is 0 Å². The van der Waals surface area contributed by atoms with Crippen LogP contribution in [-0.2, 0) is 22.4 Å². The maximum Gasteiger partial charge on any atom is 0.323 e. The van der Waals surface area contributed by atoms with E-state index < -0.39 is 5.97 Å². The number of carboxylic acid groups (broad SMARTS) is 1. The topological polar surface area (TPSA) is 57.6 Å². The molecule has 0 atom stereocenters. The van der Waals surface area contributed by atoms with Crippen molar-refractivity contribution < 1.29 is 14.7 Å². The SMILES string of the molecule is O=C(O)CN(C(=O)C1Cc2ccccc2C1)C1CCCC1. The Bertz CT molecular complexity index is 524. The molecule has 4 nitrogen and oxygen atoms in total. The molecule has 21 heavy (non-hydrogen) atoms. The van der Waals surface area contributed by atoms with Gasteiger partial charge in [-0.05, 0) is 36.8 Å². The zero-order valence-electron chi connectivity index (χ0n) is 12.1. The van der Waals surface area contributed by atoms with E-state index in [1.165, 1.54) is 11.1 Å². The van der Waals surface area contributed by atoms with Gasteiger partial charge in [0.2, 0.25) is 5.91 Å². The number of aliphatic carboxylic acids is 1. The number of carbonyl (C=O) groups is 2. The number of nitrogens with zero attached hydrogens (tertiary/aromatic N) is 1. The van der Waals surface area contributed by atoms with Crippen LogP contribution in [0.3, 0.4) is 0 Å². The van der Waals surface area contributed by atoms with Crippen LogP contribution in [0.1, 0.15) is 36.8 Å². The highest BCUT2D eigenvalue weighted by Crippen LogP contribution is 2.31. The van der Waals surface area contributed by atoms with Gasteiger partial charge in [0, 0.05) is 12.0 Å². The van der Waals surface area contributed by atoms with Crippen LogP contribution in [0.2, 0.25) is 0 Å². The lowest BCUT2D eigenvalue weighted by Crippen LogP contribution is -2.45. The van der Waals surface area contributed by atoms with Crippen LogP contribution in [0, 0.1) is 5.92 Å². The highest BCUT2D eigenvalue weighted by atomic mass is 16.4. The first-order valence-electron chi connectivity index (χ1n) is 7.74. The summed E-state index contributed by atoms with van der Waals surface area (Å²) in [6.07, 6.45) is 5.57. The van der Waals surface area contributed by atoms with Gasteiger partial charge < -0.3 is 10.0 Å². The van der Waals surface area contributed by atoms with Crippen LogP contribution < -0.4 is 0 Å². The molecule has 0 spiro atoms. The van der Waals surface area contributed by atoms with Crippen LogP contribution in [0.4, 0.5) is 0 Å². The molecule has 0 heterocycles. The van der Waals surface area contributed by atoms with Crippen molar-refractivity contribution >= 4 is 11.9 Å². The fraction of sp³-hybridized carbons (Fsp3) is 0.529. The third-order valence-electron chi connectivity index (χ3n) is 4.75. The summed E-state index contributed by atoms with van der Waals surface area (Å²) < 4.78 is 0. The lowest BCUT2D eigenvalue weighted by atomic mass is 10.0. The van der Waals surface area contributed by atoms with Gasteiger partial charge in [0.05, 0.1) is 0 Å². The Kier molecular flexibility index (Phi) is 3.95. The van der Waals surface area contributed by atoms with E-state index in [0.717, 1.165) is 38.5 Å². The first-order chi connectivity index (χ1) is 10.1. The highest BCUT2D eigenvalue weighted by molar-refractivity contribution is 5.84. The van der Waals surface area contributed by atoms with E-state index in [9.17, 15) is 9.59 Å². The summed E-state index contributed by atoms with van der Waals surface area (Å²) in [5, 5.41) is 9.12. The molecular weight excluding hydrogens is 266 g/mol. The summed E-state index contributed by atoms with van der Waals surface area (Å²) in [6, 6.07) is 8.26. The van der Waals surface area contributed by atoms with Gasteiger partial charge in [-0.25, -0.2) is 0 Å². The Morgan fingerprint density at radius 1 is 1.10 bits per heavy atom. The van der Waals surface area contributed by atoms with Crippen LogP contribution in [0.15, 0.2) is 24.3 Å². The van der Waals surface area contributed by atoms with Crippen molar-refractivity contribution in [1.82, 2.24) is 4.90 Å². The summed E-state index contributed by atoms with van der Waals surface area (Å²) >= 11 is 0. The second-order valence-corrected chi connectivity index (χ2v) is 6.17. The predicted molar refractivity (Wildman–Crippen MR) is 78.9 cm³/mol. The van der Waals surface area contributed by atoms with Crippen LogP contribution >= 0.6 is 0 Å². The smallest absolute Gasteiger partial charge is 0.323 e. The number of amides is 1. The molecule has 112 valence electrons. The second kappa shape index (κ2) is 5.88. The molecule has 1 aromatic rings. The fourth-order valence-electron chi connectivity index (χ4n) is 3.72. The van der Waals surface area contributed by atoms with E-state index in [0.29, 0.717) is 0 Å². The van der Waals surface area contributed by atoms with E-state index >= 15 is 0 Å². The summed E-state index contributed by atoms with van der Waals surface area (Å²) in [4.78, 5) is 25.5. The van der Waals surface area contributed by atoms with E-state index in [1.807, 2.05) is 12.1 Å². The Hall–Kier alpha value is -1.84. The molecule has 0 radical (unpaired) electrons. The maximum atomic E-state index is 12.8. The molecular formula is C17H21NO3. The minimum atomic E-state index is -0.911. The third-order valence-corrected chi connectivity index (χ3v) is 4.75. The standard InChI is InChI=1S/C17H21NO3/c19-16(20)11-18(15-7-3-4-8-15)17(21)14-9-12-5-1-2-6-13(12)10-14/h1-2,5-6,14-15H,3-4,7-11H2,(H,19,20). The second-order valence-electron chi connectivity index (χ2n) is 6.17. The number of hydrogen-bond donors (Lipinski definition) is 1. The molecule has 4 heteroatoms. The molecule has 1 aromatic carbocycles. The van der Waals surface area contributed by atoms with Gasteiger partial charge in [-0.15, -0.1) is 0 Å². The van der Waals surface area contributed by atoms with Crippen molar-refractivity contribution in [1.29, 1.82) is 0 Å². The summed E-state index contributed by atoms with van der Waals surface area (Å²) in [6.45, 7) is -0.156. The number of hydrogen-bond acceptors (Lipinski definition) is 2. The maximum absolute atomic E-state index is 12.8. The molecule has 0 bridgehead atoms. The number of fused-ring (bicyclic) bond motifs is 1. The van der Waals surface area contributed by atoms with Crippen LogP contribution in [-0.4, -0.2) is 34.5 Å². The Labute approximate surface area is 124 Å². The molecule has 0 aromatic heterocycles. The Morgan fingerprint density at radius 3 is 2.19 bits per heavy atom. The molecule has 1 amide bonds. The minimum absolute atomic E-state index is 0.0282. The normalized spacial score (nSPS) is 18.7. The zero-order valence-corrected chi connectivity index (χ0v) is 12.1. The number of benzene rings is 1. The number of carboxylic acids is 1. The van der Waals surface area contributed by atoms with Crippen molar-refractivity contribution in [3.05, 3.63) is 35.4 Å². The molecule has 0 aliphatic heterocycles. The van der Waals surface area contributed by atoms with Crippen molar-refractivity contribution in [2.45, 2.75) is 44.6 Å². The van der Waals surface area contributed by atoms with Crippen molar-refractivity contribution in [3.8, 4) is 0 Å². The number of rotatable bonds is 4. The van der Waals surface area contributed by atoms with Crippen molar-refractivity contribution in [2.75, 3.05) is 6.54 Å². The predicted octanol–water partition coefficient (Wildman–Crippen LogP) is 2.26. The third kappa shape index (κ3) is 2.94. The fourth-order valence-corrected chi connectivity index (χ4v) is 3.72. The lowest BCUT2D eigenvalue weighted by molar-refractivity contribution is -0.148. The molecule has 0 unspecified atom stereocenters. The Morgan fingerprint density at radius 2 is 1.67 bits per heavy atom. The zero-order chi connectivity index (χ0) is 14.8. The minimum Gasteiger partial charge on any atom is -0.480 e. The molecule has 2 aliphatic carbocycles. The molecule has 2 aliphatic rings. The molecule has 1 N–H and O–H groups in total. The van der Waals surface area contributed by atoms with Gasteiger partial charge in [-0.1, -0.05) is 37.1 Å². The summed E-state index contributed by atoms with van der Waals surface area (Å²) in [5.74, 6) is -0.964. The van der Waals surface area contributed by atoms with Gasteiger partial charge in [0.15, 0.2) is 0 Å². The van der Waals surface area contributed by atoms with Gasteiger partial charge >= 0.3 is 5.97 Å². The average Bonchev–Trinajstić information content (AvgIpc) is 3.12. The summed E-state index contributed by atoms with van der Waals surface area (Å²) in [7, 11) is 0. The first kappa shape index (κ1) is 14.1. The lowest BCUT2D eigenvalue weighted by Gasteiger charge is -2.29. The molecule has 1 fully saturated rings. The quantitative estimate of drug-likeness (QED) is 0.924. The molecule has 3 rings (SSSR count). The average molecular weight is 287 g/mol. The monoisotopic (exact) mass is 287 g/mol. The summed E-state index contributed by atoms with van der Waals surface area (Å²) in [5.41, 5.74) is 2.47. The van der Waals surface area contributed by atoms with Gasteiger partial charge in [-0.3, -0.25) is 9.59 Å². The van der Waals surface area contributed by atoms with E-state index in [1.54, 1.807) is 4.90 Å². The van der Waals surface area contributed by atoms with E-state index in [2.05, 4.69) is 12.1 Å². The Balaban J connectivity index is 1.74. The van der Waals surface area contributed by atoms with E-state index in [4.69, 9.17) is 5.11 Å². The highest BCUT2D eigenvalue weighted by Gasteiger charge is 2.35. The van der Waals surface area contributed by atoms with Gasteiger partial charge in [-0.2, -0.15) is 0 Å².